The molecule has 0 radical (unpaired) electrons. The molecule has 0 unspecified atom stereocenters. The Kier molecular flexibility index (Phi) is 8.39. The van der Waals surface area contributed by atoms with Crippen molar-refractivity contribution in [3.8, 4) is 11.8 Å². The smallest absolute Gasteiger partial charge is 0.271 e. The highest BCUT2D eigenvalue weighted by Gasteiger charge is 2.13. The van der Waals surface area contributed by atoms with E-state index < -0.39 is 10.8 Å². The summed E-state index contributed by atoms with van der Waals surface area (Å²) in [5, 5.41) is 25.8. The highest BCUT2D eigenvalue weighted by molar-refractivity contribution is 6.32. The first kappa shape index (κ1) is 25.9. The van der Waals surface area contributed by atoms with Crippen molar-refractivity contribution in [1.29, 1.82) is 5.26 Å². The number of amides is 2. The van der Waals surface area contributed by atoms with E-state index in [0.717, 1.165) is 11.1 Å². The summed E-state index contributed by atoms with van der Waals surface area (Å²) in [5.41, 5.74) is 2.90. The maximum atomic E-state index is 12.5. The van der Waals surface area contributed by atoms with Crippen LogP contribution in [0.4, 0.5) is 17.1 Å². The minimum Gasteiger partial charge on any atom is -0.482 e. The number of aryl methyl sites for hydroxylation is 1. The van der Waals surface area contributed by atoms with Crippen LogP contribution in [0, 0.1) is 35.3 Å². The average molecular weight is 505 g/mol. The molecular weight excluding hydrogens is 484 g/mol. The molecule has 0 aliphatic heterocycles. The van der Waals surface area contributed by atoms with Gasteiger partial charge in [-0.15, -0.1) is 0 Å². The monoisotopic (exact) mass is 504 g/mol. The van der Waals surface area contributed by atoms with Crippen molar-refractivity contribution >= 4 is 46.6 Å². The summed E-state index contributed by atoms with van der Waals surface area (Å²) in [7, 11) is 0. The number of non-ortho nitro benzene ring substituents is 1. The number of carbonyl (C=O) groups excluding carboxylic acids is 2. The molecule has 0 heterocycles. The van der Waals surface area contributed by atoms with Gasteiger partial charge in [0.1, 0.15) is 17.4 Å². The molecule has 0 aliphatic carbocycles. The van der Waals surface area contributed by atoms with Crippen LogP contribution in [0.25, 0.3) is 6.08 Å². The number of nitro benzene ring substituents is 1. The second-order valence-electron chi connectivity index (χ2n) is 7.71. The topological polar surface area (TPSA) is 134 Å². The van der Waals surface area contributed by atoms with Gasteiger partial charge in [-0.1, -0.05) is 35.9 Å². The Bertz CT molecular complexity index is 1410. The molecule has 0 saturated carbocycles. The maximum Gasteiger partial charge on any atom is 0.271 e. The zero-order valence-electron chi connectivity index (χ0n) is 19.4. The van der Waals surface area contributed by atoms with Gasteiger partial charge in [-0.2, -0.15) is 5.26 Å². The number of nitrogens with zero attached hydrogens (tertiary/aromatic N) is 2. The van der Waals surface area contributed by atoms with Crippen molar-refractivity contribution in [1.82, 2.24) is 0 Å². The van der Waals surface area contributed by atoms with Gasteiger partial charge in [-0.05, 0) is 60.9 Å². The Morgan fingerprint density at radius 3 is 2.56 bits per heavy atom. The zero-order valence-corrected chi connectivity index (χ0v) is 20.1. The summed E-state index contributed by atoms with van der Waals surface area (Å²) in [6, 6.07) is 17.3. The average Bonchev–Trinajstić information content (AvgIpc) is 2.85. The van der Waals surface area contributed by atoms with Crippen LogP contribution in [0.3, 0.4) is 0 Å². The van der Waals surface area contributed by atoms with Crippen molar-refractivity contribution in [3.63, 3.8) is 0 Å². The maximum absolute atomic E-state index is 12.5. The fourth-order valence-corrected chi connectivity index (χ4v) is 3.39. The number of benzene rings is 3. The van der Waals surface area contributed by atoms with Gasteiger partial charge in [0.25, 0.3) is 17.5 Å². The molecule has 3 rings (SSSR count). The molecule has 3 aromatic carbocycles. The van der Waals surface area contributed by atoms with Crippen LogP contribution in [0.1, 0.15) is 16.7 Å². The molecule has 0 fully saturated rings. The minimum atomic E-state index is -0.738. The summed E-state index contributed by atoms with van der Waals surface area (Å²) in [6.07, 6.45) is 1.32. The summed E-state index contributed by atoms with van der Waals surface area (Å²) >= 11 is 6.27. The second-order valence-corrected chi connectivity index (χ2v) is 8.11. The predicted octanol–water partition coefficient (Wildman–Crippen LogP) is 5.43. The van der Waals surface area contributed by atoms with Crippen LogP contribution in [-0.2, 0) is 9.59 Å². The zero-order chi connectivity index (χ0) is 26.2. The molecule has 9 nitrogen and oxygen atoms in total. The number of carbonyl (C=O) groups is 2. The molecule has 182 valence electrons. The first-order chi connectivity index (χ1) is 17.2. The van der Waals surface area contributed by atoms with Gasteiger partial charge in [-0.25, -0.2) is 0 Å². The normalized spacial score (nSPS) is 10.8. The predicted molar refractivity (Wildman–Crippen MR) is 137 cm³/mol. The van der Waals surface area contributed by atoms with Gasteiger partial charge < -0.3 is 15.4 Å². The Labute approximate surface area is 212 Å². The molecular formula is C26H21ClN4O5. The first-order valence-corrected chi connectivity index (χ1v) is 11.0. The van der Waals surface area contributed by atoms with E-state index in [1.807, 2.05) is 26.0 Å². The molecule has 0 aliphatic rings. The van der Waals surface area contributed by atoms with Crippen LogP contribution in [-0.4, -0.2) is 23.3 Å². The molecule has 3 aromatic rings. The lowest BCUT2D eigenvalue weighted by Gasteiger charge is -2.12. The van der Waals surface area contributed by atoms with E-state index in [1.165, 1.54) is 42.5 Å². The van der Waals surface area contributed by atoms with Crippen molar-refractivity contribution in [2.75, 3.05) is 17.2 Å². The standard InChI is InChI=1S/C26H21ClN4O5/c1-16-5-3-8-23(17(16)2)30-25(32)15-36-24-10-9-18(12-22(24)27)11-19(14-28)26(33)29-20-6-4-7-21(13-20)31(34)35/h3-13H,15H2,1-2H3,(H,29,33)(H,30,32)/b19-11-. The van der Waals surface area contributed by atoms with Crippen molar-refractivity contribution < 1.29 is 19.2 Å². The third kappa shape index (κ3) is 6.68. The molecule has 2 N–H and O–H groups in total. The van der Waals surface area contributed by atoms with Crippen molar-refractivity contribution in [3.05, 3.63) is 98.1 Å². The molecule has 36 heavy (non-hydrogen) atoms. The molecule has 0 aromatic heterocycles. The van der Waals surface area contributed by atoms with Crippen LogP contribution in [0.15, 0.2) is 66.2 Å². The third-order valence-electron chi connectivity index (χ3n) is 5.18. The Morgan fingerprint density at radius 2 is 1.86 bits per heavy atom. The largest absolute Gasteiger partial charge is 0.482 e. The molecule has 0 spiro atoms. The number of rotatable bonds is 8. The van der Waals surface area contributed by atoms with Gasteiger partial charge in [0.2, 0.25) is 0 Å². The van der Waals surface area contributed by atoms with E-state index >= 15 is 0 Å². The van der Waals surface area contributed by atoms with E-state index in [1.54, 1.807) is 18.2 Å². The van der Waals surface area contributed by atoms with Crippen molar-refractivity contribution in [2.45, 2.75) is 13.8 Å². The second kappa shape index (κ2) is 11.6. The van der Waals surface area contributed by atoms with Crippen LogP contribution in [0.2, 0.25) is 5.02 Å². The number of anilines is 2. The number of halogens is 1. The lowest BCUT2D eigenvalue weighted by atomic mass is 10.1. The lowest BCUT2D eigenvalue weighted by Crippen LogP contribution is -2.20. The van der Waals surface area contributed by atoms with E-state index in [0.29, 0.717) is 11.3 Å². The van der Waals surface area contributed by atoms with Crippen LogP contribution in [0.5, 0.6) is 5.75 Å². The molecule has 0 saturated heterocycles. The Hall–Kier alpha value is -4.68. The highest BCUT2D eigenvalue weighted by Crippen LogP contribution is 2.27. The number of hydrogen-bond donors (Lipinski definition) is 2. The van der Waals surface area contributed by atoms with Gasteiger partial charge in [0.15, 0.2) is 6.61 Å². The molecule has 10 heteroatoms. The van der Waals surface area contributed by atoms with E-state index in [-0.39, 0.29) is 40.2 Å². The van der Waals surface area contributed by atoms with Crippen LogP contribution < -0.4 is 15.4 Å². The fourth-order valence-electron chi connectivity index (χ4n) is 3.15. The summed E-state index contributed by atoms with van der Waals surface area (Å²) in [6.45, 7) is 3.60. The summed E-state index contributed by atoms with van der Waals surface area (Å²) < 4.78 is 5.52. The van der Waals surface area contributed by atoms with Gasteiger partial charge in [0, 0.05) is 23.5 Å². The van der Waals surface area contributed by atoms with Crippen LogP contribution >= 0.6 is 11.6 Å². The van der Waals surface area contributed by atoms with E-state index in [9.17, 15) is 25.0 Å². The highest BCUT2D eigenvalue weighted by atomic mass is 35.5. The Morgan fingerprint density at radius 1 is 1.11 bits per heavy atom. The number of nitriles is 1. The van der Waals surface area contributed by atoms with Gasteiger partial charge in [-0.3, -0.25) is 19.7 Å². The quantitative estimate of drug-likeness (QED) is 0.182. The van der Waals surface area contributed by atoms with Crippen molar-refractivity contribution in [2.24, 2.45) is 0 Å². The number of hydrogen-bond acceptors (Lipinski definition) is 6. The van der Waals surface area contributed by atoms with E-state index in [4.69, 9.17) is 16.3 Å². The SMILES string of the molecule is Cc1cccc(NC(=O)COc2ccc(/C=C(/C#N)C(=O)Nc3cccc([N+](=O)[O-])c3)cc2Cl)c1C. The molecule has 0 atom stereocenters. The van der Waals surface area contributed by atoms with Gasteiger partial charge in [0.05, 0.1) is 9.95 Å². The molecule has 0 bridgehead atoms. The minimum absolute atomic E-state index is 0.177. The summed E-state index contributed by atoms with van der Waals surface area (Å²) in [5.74, 6) is -0.838. The number of nitrogens with one attached hydrogen (secondary N) is 2. The number of ether oxygens (including phenoxy) is 1. The van der Waals surface area contributed by atoms with E-state index in [2.05, 4.69) is 10.6 Å². The Balaban J connectivity index is 1.65. The summed E-state index contributed by atoms with van der Waals surface area (Å²) in [4.78, 5) is 35.1. The fraction of sp³-hybridized carbons (Fsp3) is 0.115. The van der Waals surface area contributed by atoms with Gasteiger partial charge >= 0.3 is 0 Å². The molecule has 2 amide bonds. The lowest BCUT2D eigenvalue weighted by molar-refractivity contribution is -0.384. The third-order valence-corrected chi connectivity index (χ3v) is 5.48. The number of nitro groups is 1. The first-order valence-electron chi connectivity index (χ1n) is 10.6.